The van der Waals surface area contributed by atoms with Crippen LogP contribution in [-0.4, -0.2) is 21.0 Å². The molecular formula is C25H29N3O2S. The third-order valence-electron chi connectivity index (χ3n) is 5.18. The van der Waals surface area contributed by atoms with Gasteiger partial charge in [-0.2, -0.15) is 0 Å². The van der Waals surface area contributed by atoms with E-state index < -0.39 is 5.97 Å². The number of benzene rings is 1. The summed E-state index contributed by atoms with van der Waals surface area (Å²) in [5.41, 5.74) is 13.9. The molecule has 0 spiro atoms. The molecular weight excluding hydrogens is 406 g/mol. The lowest BCUT2D eigenvalue weighted by molar-refractivity contribution is 0.0686. The Balaban J connectivity index is 2.12. The van der Waals surface area contributed by atoms with E-state index in [1.54, 1.807) is 12.1 Å². The van der Waals surface area contributed by atoms with Crippen LogP contribution in [0.2, 0.25) is 0 Å². The Bertz CT molecular complexity index is 1080. The third-order valence-corrected chi connectivity index (χ3v) is 6.26. The monoisotopic (exact) mass is 435 g/mol. The number of nitrogens with two attached hydrogens (primary N) is 1. The number of carboxylic acids is 1. The molecule has 0 aliphatic carbocycles. The fraction of sp³-hybridized carbons (Fsp3) is 0.320. The molecule has 2 aromatic heterocycles. The van der Waals surface area contributed by atoms with E-state index in [1.807, 2.05) is 6.92 Å². The molecule has 0 unspecified atom stereocenters. The summed E-state index contributed by atoms with van der Waals surface area (Å²) in [6.07, 6.45) is 2.37. The number of hydrogen-bond acceptors (Lipinski definition) is 5. The van der Waals surface area contributed by atoms with Crippen LogP contribution in [0.15, 0.2) is 47.5 Å². The van der Waals surface area contributed by atoms with Crippen molar-refractivity contribution >= 4 is 17.7 Å². The zero-order valence-electron chi connectivity index (χ0n) is 18.5. The fourth-order valence-electron chi connectivity index (χ4n) is 3.68. The normalized spacial score (nSPS) is 11.2. The van der Waals surface area contributed by atoms with E-state index in [2.05, 4.69) is 50.0 Å². The minimum absolute atomic E-state index is 0.0745. The predicted molar refractivity (Wildman–Crippen MR) is 126 cm³/mol. The summed E-state index contributed by atoms with van der Waals surface area (Å²) in [4.78, 5) is 21.2. The van der Waals surface area contributed by atoms with Gasteiger partial charge in [0.15, 0.2) is 5.69 Å². The molecule has 5 nitrogen and oxygen atoms in total. The molecule has 0 saturated heterocycles. The lowest BCUT2D eigenvalue weighted by Crippen LogP contribution is -2.13. The summed E-state index contributed by atoms with van der Waals surface area (Å²) in [7, 11) is 0. The van der Waals surface area contributed by atoms with Crippen LogP contribution in [0.1, 0.15) is 52.4 Å². The molecule has 0 saturated carbocycles. The van der Waals surface area contributed by atoms with Gasteiger partial charge in [0.1, 0.15) is 0 Å². The van der Waals surface area contributed by atoms with Gasteiger partial charge in [0.05, 0.1) is 0 Å². The van der Waals surface area contributed by atoms with Gasteiger partial charge in [0.2, 0.25) is 0 Å². The Morgan fingerprint density at radius 2 is 1.84 bits per heavy atom. The van der Waals surface area contributed by atoms with E-state index in [1.165, 1.54) is 23.5 Å². The molecule has 0 radical (unpaired) electrons. The molecule has 0 atom stereocenters. The Kier molecular flexibility index (Phi) is 7.46. The first kappa shape index (κ1) is 23.0. The van der Waals surface area contributed by atoms with Crippen molar-refractivity contribution < 1.29 is 9.90 Å². The molecule has 3 aromatic rings. The molecule has 1 aromatic carbocycles. The first-order valence-electron chi connectivity index (χ1n) is 10.4. The van der Waals surface area contributed by atoms with Crippen LogP contribution in [0.5, 0.6) is 0 Å². The van der Waals surface area contributed by atoms with Crippen molar-refractivity contribution in [1.82, 2.24) is 9.97 Å². The van der Waals surface area contributed by atoms with Crippen LogP contribution in [0, 0.1) is 19.8 Å². The Labute approximate surface area is 188 Å². The molecule has 3 rings (SSSR count). The van der Waals surface area contributed by atoms with Crippen molar-refractivity contribution in [3.63, 3.8) is 0 Å². The maximum absolute atomic E-state index is 11.6. The van der Waals surface area contributed by atoms with E-state index in [9.17, 15) is 9.90 Å². The Hall–Kier alpha value is -2.70. The van der Waals surface area contributed by atoms with E-state index in [4.69, 9.17) is 10.7 Å². The smallest absolute Gasteiger partial charge is 0.355 e. The first-order chi connectivity index (χ1) is 14.8. The van der Waals surface area contributed by atoms with Crippen LogP contribution in [-0.2, 0) is 18.7 Å². The molecule has 0 aliphatic heterocycles. The number of pyridine rings is 2. The van der Waals surface area contributed by atoms with Gasteiger partial charge in [-0.1, -0.05) is 43.7 Å². The van der Waals surface area contributed by atoms with Crippen LogP contribution >= 0.6 is 11.8 Å². The zero-order chi connectivity index (χ0) is 22.5. The van der Waals surface area contributed by atoms with Crippen molar-refractivity contribution in [1.29, 1.82) is 0 Å². The van der Waals surface area contributed by atoms with Crippen molar-refractivity contribution in [2.45, 2.75) is 51.3 Å². The van der Waals surface area contributed by atoms with Gasteiger partial charge < -0.3 is 10.8 Å². The Morgan fingerprint density at radius 1 is 1.13 bits per heavy atom. The number of rotatable bonds is 8. The summed E-state index contributed by atoms with van der Waals surface area (Å²) in [6, 6.07) is 12.0. The second-order valence-electron chi connectivity index (χ2n) is 8.09. The van der Waals surface area contributed by atoms with E-state index in [0.29, 0.717) is 23.1 Å². The molecule has 162 valence electrons. The number of hydrogen-bond donors (Lipinski definition) is 2. The first-order valence-corrected chi connectivity index (χ1v) is 11.4. The predicted octanol–water partition coefficient (Wildman–Crippen LogP) is 5.41. The van der Waals surface area contributed by atoms with Gasteiger partial charge in [-0.05, 0) is 60.6 Å². The molecule has 0 aliphatic rings. The highest BCUT2D eigenvalue weighted by Gasteiger charge is 2.20. The fourth-order valence-corrected chi connectivity index (χ4v) is 4.79. The molecule has 0 amide bonds. The van der Waals surface area contributed by atoms with Crippen molar-refractivity contribution in [3.05, 3.63) is 76.4 Å². The minimum Gasteiger partial charge on any atom is -0.476 e. The highest BCUT2D eigenvalue weighted by molar-refractivity contribution is 7.98. The number of carbonyl (C=O) groups is 1. The highest BCUT2D eigenvalue weighted by Crippen LogP contribution is 2.36. The molecule has 6 heteroatoms. The van der Waals surface area contributed by atoms with Crippen LogP contribution in [0.4, 0.5) is 0 Å². The minimum atomic E-state index is -1.02. The van der Waals surface area contributed by atoms with E-state index in [-0.39, 0.29) is 5.69 Å². The Morgan fingerprint density at radius 3 is 2.45 bits per heavy atom. The number of aromatic nitrogens is 2. The van der Waals surface area contributed by atoms with E-state index in [0.717, 1.165) is 40.1 Å². The number of nitrogens with zero attached hydrogens (tertiary/aromatic N) is 2. The summed E-state index contributed by atoms with van der Waals surface area (Å²) in [5.74, 6) is 0.0339. The highest BCUT2D eigenvalue weighted by atomic mass is 32.2. The number of carboxylic acid groups (broad SMARTS) is 1. The summed E-state index contributed by atoms with van der Waals surface area (Å²) < 4.78 is 0. The van der Waals surface area contributed by atoms with Gasteiger partial charge in [0.25, 0.3) is 0 Å². The van der Waals surface area contributed by atoms with Crippen LogP contribution in [0.3, 0.4) is 0 Å². The van der Waals surface area contributed by atoms with Gasteiger partial charge in [0, 0.05) is 34.8 Å². The summed E-state index contributed by atoms with van der Waals surface area (Å²) >= 11 is 1.47. The topological polar surface area (TPSA) is 89.1 Å². The lowest BCUT2D eigenvalue weighted by Gasteiger charge is -2.21. The van der Waals surface area contributed by atoms with Crippen LogP contribution in [0.25, 0.3) is 11.1 Å². The maximum Gasteiger partial charge on any atom is 0.355 e. The quantitative estimate of drug-likeness (QED) is 0.460. The lowest BCUT2D eigenvalue weighted by atomic mass is 9.90. The largest absolute Gasteiger partial charge is 0.476 e. The van der Waals surface area contributed by atoms with Gasteiger partial charge in [-0.15, -0.1) is 11.8 Å². The number of thioether (sulfide) groups is 1. The molecule has 0 fully saturated rings. The van der Waals surface area contributed by atoms with Crippen LogP contribution < -0.4 is 5.73 Å². The molecule has 3 N–H and O–H groups in total. The molecule has 2 heterocycles. The van der Waals surface area contributed by atoms with Gasteiger partial charge >= 0.3 is 5.97 Å². The third kappa shape index (κ3) is 5.32. The number of aryl methyl sites for hydroxylation is 2. The maximum atomic E-state index is 11.6. The SMILES string of the molecule is Cc1ccc(-c2c(CSc3cccnc3C(=O)O)c(C)nc(CC(C)C)c2CN)cc1. The van der Waals surface area contributed by atoms with Crippen molar-refractivity contribution in [3.8, 4) is 11.1 Å². The summed E-state index contributed by atoms with van der Waals surface area (Å²) in [5, 5.41) is 9.47. The zero-order valence-corrected chi connectivity index (χ0v) is 19.3. The van der Waals surface area contributed by atoms with Crippen molar-refractivity contribution in [2.75, 3.05) is 0 Å². The van der Waals surface area contributed by atoms with Gasteiger partial charge in [-0.25, -0.2) is 9.78 Å². The average molecular weight is 436 g/mol. The standard InChI is InChI=1S/C25H29N3O2S/c1-15(2)12-21-19(13-26)23(18-9-7-16(3)8-10-18)20(17(4)28-21)14-31-22-6-5-11-27-24(22)25(29)30/h5-11,15H,12-14,26H2,1-4H3,(H,29,30). The second-order valence-corrected chi connectivity index (χ2v) is 9.11. The van der Waals surface area contributed by atoms with E-state index >= 15 is 0 Å². The molecule has 31 heavy (non-hydrogen) atoms. The van der Waals surface area contributed by atoms with Crippen molar-refractivity contribution in [2.24, 2.45) is 11.7 Å². The second kappa shape index (κ2) is 10.1. The number of aromatic carboxylic acids is 1. The summed E-state index contributed by atoms with van der Waals surface area (Å²) in [6.45, 7) is 8.87. The van der Waals surface area contributed by atoms with Gasteiger partial charge in [-0.3, -0.25) is 4.98 Å². The average Bonchev–Trinajstić information content (AvgIpc) is 2.73. The molecule has 0 bridgehead atoms.